The summed E-state index contributed by atoms with van der Waals surface area (Å²) in [6.45, 7) is 16.6. The molecule has 0 N–H and O–H groups in total. The van der Waals surface area contributed by atoms with Crippen LogP contribution in [0.2, 0.25) is 51.4 Å². The number of hydrogen-bond acceptors (Lipinski definition) is 7. The van der Waals surface area contributed by atoms with Gasteiger partial charge in [0.15, 0.2) is 5.65 Å². The molecule has 0 radical (unpaired) electrons. The Hall–Kier alpha value is -1.03. The molecule has 0 amide bonds. The van der Waals surface area contributed by atoms with Crippen LogP contribution in [0.5, 0.6) is 0 Å². The highest BCUT2D eigenvalue weighted by Crippen LogP contribution is 2.37. The third kappa shape index (κ3) is 9.29. The summed E-state index contributed by atoms with van der Waals surface area (Å²) < 4.78 is 20.3. The van der Waals surface area contributed by atoms with E-state index in [1.165, 1.54) is 7.11 Å². The van der Waals surface area contributed by atoms with E-state index in [4.69, 9.17) is 19.2 Å². The molecule has 2 aromatic heterocycles. The van der Waals surface area contributed by atoms with E-state index in [1.54, 1.807) is 0 Å². The molecule has 37 heavy (non-hydrogen) atoms. The number of nitrogens with zero attached hydrogens (tertiary/aromatic N) is 4. The molecule has 1 saturated carbocycles. The van der Waals surface area contributed by atoms with Crippen LogP contribution in [0.4, 0.5) is 5.82 Å². The van der Waals surface area contributed by atoms with Gasteiger partial charge in [0.05, 0.1) is 22.8 Å². The molecule has 3 rings (SSSR count). The van der Waals surface area contributed by atoms with E-state index in [0.29, 0.717) is 19.4 Å². The van der Waals surface area contributed by atoms with Crippen LogP contribution in [0.1, 0.15) is 37.3 Å². The van der Waals surface area contributed by atoms with Crippen LogP contribution in [0.25, 0.3) is 5.65 Å². The Morgan fingerprint density at radius 2 is 1.59 bits per heavy atom. The normalized spacial score (nSPS) is 18.8. The minimum atomic E-state index is -1.18. The molecule has 1 aliphatic carbocycles. The molecule has 1 fully saturated rings. The summed E-state index contributed by atoms with van der Waals surface area (Å²) >= 11 is 2.31. The Kier molecular flexibility index (Phi) is 11.0. The smallest absolute Gasteiger partial charge is 0.308 e. The maximum atomic E-state index is 12.0. The fraction of sp³-hybridized carbons (Fsp3) is 0.731. The first-order valence-corrected chi connectivity index (χ1v) is 21.9. The van der Waals surface area contributed by atoms with Crippen molar-refractivity contribution in [2.45, 2.75) is 83.0 Å². The van der Waals surface area contributed by atoms with Gasteiger partial charge in [0.25, 0.3) is 0 Å². The van der Waals surface area contributed by atoms with E-state index in [2.05, 4.69) is 77.9 Å². The standard InChI is InChI=1S/C26H45IN4O4Si2/c1-33-26(32)21-10-8-20(9-11-21)23-16-24(31-25(29-23)22(27)17-28-31)30(18-34-12-14-36(2,3)4)19-35-13-15-37(5,6)7/h16-17,20-21H,8-15,18-19H2,1-7H3/t20-,21-. The lowest BCUT2D eigenvalue weighted by atomic mass is 9.80. The molecular formula is C26H45IN4O4Si2. The van der Waals surface area contributed by atoms with Crippen molar-refractivity contribution in [3.8, 4) is 0 Å². The van der Waals surface area contributed by atoms with Crippen molar-refractivity contribution in [2.24, 2.45) is 5.92 Å². The minimum Gasteiger partial charge on any atom is -0.469 e. The van der Waals surface area contributed by atoms with Gasteiger partial charge in [0, 0.05) is 47.0 Å². The van der Waals surface area contributed by atoms with Gasteiger partial charge < -0.3 is 19.1 Å². The van der Waals surface area contributed by atoms with Crippen molar-refractivity contribution < 1.29 is 19.0 Å². The summed E-state index contributed by atoms with van der Waals surface area (Å²) in [5.74, 6) is 1.15. The number of carbonyl (C=O) groups is 1. The monoisotopic (exact) mass is 660 g/mol. The fourth-order valence-corrected chi connectivity index (χ4v) is 6.43. The molecule has 0 aromatic carbocycles. The van der Waals surface area contributed by atoms with Gasteiger partial charge in [-0.2, -0.15) is 9.61 Å². The quantitative estimate of drug-likeness (QED) is 0.0832. The lowest BCUT2D eigenvalue weighted by Gasteiger charge is -2.29. The maximum Gasteiger partial charge on any atom is 0.308 e. The minimum absolute atomic E-state index is 0.00409. The molecule has 0 spiro atoms. The molecule has 1 aliphatic rings. The fourth-order valence-electron chi connectivity index (χ4n) is 4.44. The second-order valence-electron chi connectivity index (χ2n) is 12.6. The maximum absolute atomic E-state index is 12.0. The van der Waals surface area contributed by atoms with Crippen LogP contribution >= 0.6 is 22.6 Å². The number of anilines is 1. The molecule has 8 nitrogen and oxygen atoms in total. The average Bonchev–Trinajstić information content (AvgIpc) is 3.21. The largest absolute Gasteiger partial charge is 0.469 e. The number of halogens is 1. The second-order valence-corrected chi connectivity index (χ2v) is 25.0. The molecule has 2 heterocycles. The van der Waals surface area contributed by atoms with Crippen molar-refractivity contribution in [1.29, 1.82) is 0 Å². The van der Waals surface area contributed by atoms with E-state index < -0.39 is 16.1 Å². The predicted octanol–water partition coefficient (Wildman–Crippen LogP) is 6.21. The van der Waals surface area contributed by atoms with Crippen LogP contribution in [-0.2, 0) is 19.0 Å². The molecule has 0 bridgehead atoms. The van der Waals surface area contributed by atoms with Crippen molar-refractivity contribution >= 4 is 56.2 Å². The lowest BCUT2D eigenvalue weighted by molar-refractivity contribution is -0.146. The number of carbonyl (C=O) groups excluding carboxylic acids is 1. The number of methoxy groups -OCH3 is 1. The lowest BCUT2D eigenvalue weighted by Crippen LogP contribution is -2.33. The predicted molar refractivity (Wildman–Crippen MR) is 163 cm³/mol. The Labute approximate surface area is 238 Å². The summed E-state index contributed by atoms with van der Waals surface area (Å²) in [6.07, 6.45) is 5.37. The van der Waals surface area contributed by atoms with Crippen molar-refractivity contribution in [2.75, 3.05) is 38.7 Å². The number of hydrogen-bond donors (Lipinski definition) is 0. The van der Waals surface area contributed by atoms with Gasteiger partial charge in [-0.15, -0.1) is 0 Å². The number of aromatic nitrogens is 3. The summed E-state index contributed by atoms with van der Waals surface area (Å²) in [7, 11) is -0.886. The Bertz CT molecular complexity index is 1010. The summed E-state index contributed by atoms with van der Waals surface area (Å²) in [4.78, 5) is 19.2. The zero-order chi connectivity index (χ0) is 27.2. The Morgan fingerprint density at radius 1 is 1.03 bits per heavy atom. The summed E-state index contributed by atoms with van der Waals surface area (Å²) in [6, 6.07) is 4.40. The van der Waals surface area contributed by atoms with Gasteiger partial charge >= 0.3 is 5.97 Å². The van der Waals surface area contributed by atoms with Crippen LogP contribution in [0, 0.1) is 9.49 Å². The van der Waals surface area contributed by atoms with Gasteiger partial charge in [-0.3, -0.25) is 4.79 Å². The van der Waals surface area contributed by atoms with E-state index in [0.717, 1.165) is 71.7 Å². The van der Waals surface area contributed by atoms with Crippen LogP contribution < -0.4 is 4.90 Å². The van der Waals surface area contributed by atoms with Crippen molar-refractivity contribution in [3.63, 3.8) is 0 Å². The van der Waals surface area contributed by atoms with Crippen LogP contribution in [0.15, 0.2) is 12.3 Å². The highest BCUT2D eigenvalue weighted by Gasteiger charge is 2.29. The molecule has 2 aromatic rings. The molecular weight excluding hydrogens is 615 g/mol. The molecule has 0 atom stereocenters. The molecule has 0 saturated heterocycles. The zero-order valence-electron chi connectivity index (χ0n) is 23.7. The zero-order valence-corrected chi connectivity index (χ0v) is 27.8. The highest BCUT2D eigenvalue weighted by molar-refractivity contribution is 14.1. The topological polar surface area (TPSA) is 78.2 Å². The van der Waals surface area contributed by atoms with Crippen LogP contribution in [-0.4, -0.2) is 70.5 Å². The Morgan fingerprint density at radius 3 is 2.11 bits per heavy atom. The van der Waals surface area contributed by atoms with E-state index >= 15 is 0 Å². The summed E-state index contributed by atoms with van der Waals surface area (Å²) in [5.41, 5.74) is 1.91. The Balaban J connectivity index is 1.83. The summed E-state index contributed by atoms with van der Waals surface area (Å²) in [5, 5.41) is 4.65. The highest BCUT2D eigenvalue weighted by atomic mass is 127. The van der Waals surface area contributed by atoms with Crippen molar-refractivity contribution in [1.82, 2.24) is 14.6 Å². The molecule has 11 heteroatoms. The first-order chi connectivity index (χ1) is 17.4. The first-order valence-electron chi connectivity index (χ1n) is 13.4. The molecule has 0 unspecified atom stereocenters. The van der Waals surface area contributed by atoms with Crippen LogP contribution in [0.3, 0.4) is 0 Å². The average molecular weight is 661 g/mol. The van der Waals surface area contributed by atoms with E-state index in [1.807, 2.05) is 10.7 Å². The second kappa shape index (κ2) is 13.4. The molecule has 0 aliphatic heterocycles. The van der Waals surface area contributed by atoms with Gasteiger partial charge in [0.2, 0.25) is 0 Å². The van der Waals surface area contributed by atoms with Gasteiger partial charge in [-0.05, 0) is 60.4 Å². The molecule has 208 valence electrons. The van der Waals surface area contributed by atoms with Crippen molar-refractivity contribution in [3.05, 3.63) is 21.5 Å². The van der Waals surface area contributed by atoms with Gasteiger partial charge in [-0.25, -0.2) is 4.98 Å². The third-order valence-electron chi connectivity index (χ3n) is 6.92. The van der Waals surface area contributed by atoms with E-state index in [-0.39, 0.29) is 11.9 Å². The van der Waals surface area contributed by atoms with Gasteiger partial charge in [-0.1, -0.05) is 39.3 Å². The van der Waals surface area contributed by atoms with Gasteiger partial charge in [0.1, 0.15) is 19.3 Å². The van der Waals surface area contributed by atoms with E-state index in [9.17, 15) is 4.79 Å². The number of rotatable bonds is 13. The third-order valence-corrected chi connectivity index (χ3v) is 11.1. The number of esters is 1. The first kappa shape index (κ1) is 30.5. The SMILES string of the molecule is COC(=O)[C@H]1CC[C@H](c2cc(N(COCC[Si](C)(C)C)COCC[Si](C)(C)C)n3ncc(I)c3n2)CC1. The number of ether oxygens (including phenoxy) is 3. The number of fused-ring (bicyclic) bond motifs is 1.